The summed E-state index contributed by atoms with van der Waals surface area (Å²) in [5.41, 5.74) is 4.80. The first-order chi connectivity index (χ1) is 14.3. The van der Waals surface area contributed by atoms with Crippen LogP contribution in [0.5, 0.6) is 0 Å². The minimum atomic E-state index is -0.814. The van der Waals surface area contributed by atoms with Crippen LogP contribution in [0.4, 0.5) is 5.82 Å². The number of anilines is 1. The van der Waals surface area contributed by atoms with Crippen LogP contribution < -0.4 is 17.0 Å². The van der Waals surface area contributed by atoms with Crippen LogP contribution in [-0.2, 0) is 11.3 Å². The van der Waals surface area contributed by atoms with E-state index < -0.39 is 17.0 Å². The summed E-state index contributed by atoms with van der Waals surface area (Å²) < 4.78 is 11.0. The summed E-state index contributed by atoms with van der Waals surface area (Å²) in [6.45, 7) is 3.65. The van der Waals surface area contributed by atoms with Gasteiger partial charge in [-0.1, -0.05) is 5.16 Å². The molecule has 0 radical (unpaired) electrons. The average molecular weight is 420 g/mol. The van der Waals surface area contributed by atoms with Crippen molar-refractivity contribution in [1.29, 1.82) is 0 Å². The van der Waals surface area contributed by atoms with Crippen molar-refractivity contribution in [3.63, 3.8) is 0 Å². The lowest BCUT2D eigenvalue weighted by molar-refractivity contribution is 0.0587. The maximum atomic E-state index is 12.7. The number of rotatable bonds is 7. The zero-order valence-electron chi connectivity index (χ0n) is 16.8. The quantitative estimate of drug-likeness (QED) is 0.520. The second kappa shape index (κ2) is 9.05. The smallest absolute Gasteiger partial charge is 0.330 e. The van der Waals surface area contributed by atoms with Crippen molar-refractivity contribution < 1.29 is 18.8 Å². The van der Waals surface area contributed by atoms with Gasteiger partial charge in [0, 0.05) is 39.4 Å². The topological polar surface area (TPSA) is 157 Å². The summed E-state index contributed by atoms with van der Waals surface area (Å²) in [7, 11) is 1.47. The number of carbonyl (C=O) groups excluding carboxylic acids is 2. The van der Waals surface area contributed by atoms with Crippen LogP contribution in [0.15, 0.2) is 20.2 Å². The van der Waals surface area contributed by atoms with Crippen molar-refractivity contribution in [3.05, 3.63) is 43.9 Å². The molecule has 1 fully saturated rings. The Morgan fingerprint density at radius 2 is 1.97 bits per heavy atom. The molecule has 1 amide bonds. The number of nitrogen functional groups attached to an aromatic ring is 1. The largest absolute Gasteiger partial charge is 0.384 e. The van der Waals surface area contributed by atoms with E-state index in [0.29, 0.717) is 31.9 Å². The number of aryl methyl sites for hydroxylation is 1. The molecule has 0 unspecified atom stereocenters. The number of methoxy groups -OCH3 is 1. The second-order valence-corrected chi connectivity index (χ2v) is 6.99. The molecule has 1 saturated heterocycles. The maximum absolute atomic E-state index is 12.7. The summed E-state index contributed by atoms with van der Waals surface area (Å²) >= 11 is 0. The fourth-order valence-corrected chi connectivity index (χ4v) is 3.27. The van der Waals surface area contributed by atoms with E-state index in [2.05, 4.69) is 10.1 Å². The zero-order chi connectivity index (χ0) is 21.8. The highest BCUT2D eigenvalue weighted by Crippen LogP contribution is 2.12. The molecule has 1 aliphatic heterocycles. The Labute approximate surface area is 171 Å². The van der Waals surface area contributed by atoms with Gasteiger partial charge in [-0.15, -0.1) is 0 Å². The first kappa shape index (κ1) is 21.5. The van der Waals surface area contributed by atoms with Crippen LogP contribution in [0.2, 0.25) is 0 Å². The third-order valence-corrected chi connectivity index (χ3v) is 4.90. The number of carbonyl (C=O) groups is 2. The molecule has 1 aliphatic rings. The number of hydrogen-bond donors (Lipinski definition) is 2. The van der Waals surface area contributed by atoms with Crippen molar-refractivity contribution >= 4 is 17.5 Å². The summed E-state index contributed by atoms with van der Waals surface area (Å²) in [4.78, 5) is 54.8. The number of piperazine rings is 1. The number of ketones is 1. The van der Waals surface area contributed by atoms with E-state index in [1.54, 1.807) is 17.9 Å². The normalized spacial score (nSPS) is 14.8. The molecule has 0 saturated carbocycles. The van der Waals surface area contributed by atoms with Crippen LogP contribution in [0.1, 0.15) is 26.6 Å². The van der Waals surface area contributed by atoms with Gasteiger partial charge in [-0.25, -0.2) is 4.79 Å². The monoisotopic (exact) mass is 420 g/mol. The molecule has 2 aromatic rings. The molecular weight excluding hydrogens is 396 g/mol. The van der Waals surface area contributed by atoms with Gasteiger partial charge in [0.05, 0.1) is 25.4 Å². The van der Waals surface area contributed by atoms with E-state index >= 15 is 0 Å². The highest BCUT2D eigenvalue weighted by Gasteiger charge is 2.27. The molecule has 0 bridgehead atoms. The Bertz CT molecular complexity index is 1050. The lowest BCUT2D eigenvalue weighted by Crippen LogP contribution is -2.50. The Morgan fingerprint density at radius 3 is 2.57 bits per heavy atom. The molecule has 3 heterocycles. The number of nitrogens with one attached hydrogen (secondary N) is 1. The van der Waals surface area contributed by atoms with E-state index in [-0.39, 0.29) is 42.7 Å². The number of aromatic nitrogens is 3. The Hall–Kier alpha value is -3.25. The van der Waals surface area contributed by atoms with Crippen molar-refractivity contribution in [1.82, 2.24) is 24.5 Å². The maximum Gasteiger partial charge on any atom is 0.330 e. The molecule has 0 atom stereocenters. The molecule has 0 spiro atoms. The number of amides is 1. The number of nitrogens with zero attached hydrogens (tertiary/aromatic N) is 4. The fourth-order valence-electron chi connectivity index (χ4n) is 3.27. The number of Topliss-reactive ketones (excluding diaryl/α,β-unsaturated/α-hetero) is 1. The number of hydrogen-bond acceptors (Lipinski definition) is 9. The molecule has 3 N–H and O–H groups in total. The second-order valence-electron chi connectivity index (χ2n) is 6.99. The van der Waals surface area contributed by atoms with Crippen molar-refractivity contribution in [2.45, 2.75) is 13.5 Å². The van der Waals surface area contributed by atoms with Gasteiger partial charge in [-0.05, 0) is 6.92 Å². The molecule has 3 rings (SSSR count). The summed E-state index contributed by atoms with van der Waals surface area (Å²) in [5.74, 6) is -0.756. The highest BCUT2D eigenvalue weighted by atomic mass is 16.5. The molecule has 12 nitrogen and oxygen atoms in total. The van der Waals surface area contributed by atoms with Crippen LogP contribution in [0.25, 0.3) is 0 Å². The van der Waals surface area contributed by atoms with Crippen LogP contribution in [-0.4, -0.2) is 82.6 Å². The number of aromatic amines is 1. The Kier molecular flexibility index (Phi) is 6.47. The van der Waals surface area contributed by atoms with Crippen molar-refractivity contribution in [2.24, 2.45) is 0 Å². The van der Waals surface area contributed by atoms with E-state index in [1.165, 1.54) is 7.11 Å². The van der Waals surface area contributed by atoms with Gasteiger partial charge >= 0.3 is 5.69 Å². The molecule has 0 aromatic carbocycles. The van der Waals surface area contributed by atoms with Crippen molar-refractivity contribution in [2.75, 3.05) is 52.2 Å². The fraction of sp³-hybridized carbons (Fsp3) is 0.500. The van der Waals surface area contributed by atoms with Crippen LogP contribution in [0.3, 0.4) is 0 Å². The molecular formula is C18H24N6O6. The lowest BCUT2D eigenvalue weighted by Gasteiger charge is -2.33. The molecule has 30 heavy (non-hydrogen) atoms. The minimum absolute atomic E-state index is 0.0563. The van der Waals surface area contributed by atoms with E-state index in [4.69, 9.17) is 15.0 Å². The van der Waals surface area contributed by atoms with Gasteiger partial charge in [-0.2, -0.15) is 0 Å². The van der Waals surface area contributed by atoms with E-state index in [1.807, 2.05) is 4.90 Å². The zero-order valence-corrected chi connectivity index (χ0v) is 16.8. The average Bonchev–Trinajstić information content (AvgIpc) is 3.14. The van der Waals surface area contributed by atoms with Gasteiger partial charge in [0.15, 0.2) is 5.78 Å². The lowest BCUT2D eigenvalue weighted by atomic mass is 10.1. The van der Waals surface area contributed by atoms with Gasteiger partial charge in [0.25, 0.3) is 11.5 Å². The summed E-state index contributed by atoms with van der Waals surface area (Å²) in [6, 6.07) is 1.58. The van der Waals surface area contributed by atoms with Gasteiger partial charge < -0.3 is 19.9 Å². The van der Waals surface area contributed by atoms with Gasteiger partial charge in [-0.3, -0.25) is 28.8 Å². The number of nitrogens with two attached hydrogens (primary N) is 1. The molecule has 12 heteroatoms. The van der Waals surface area contributed by atoms with E-state index in [0.717, 1.165) is 4.57 Å². The van der Waals surface area contributed by atoms with Crippen molar-refractivity contribution in [3.8, 4) is 0 Å². The highest BCUT2D eigenvalue weighted by molar-refractivity contribution is 6.01. The predicted molar refractivity (Wildman–Crippen MR) is 106 cm³/mol. The molecule has 162 valence electrons. The molecule has 2 aromatic heterocycles. The van der Waals surface area contributed by atoms with Crippen LogP contribution in [0, 0.1) is 6.92 Å². The van der Waals surface area contributed by atoms with Crippen LogP contribution >= 0.6 is 0 Å². The first-order valence-corrected chi connectivity index (χ1v) is 9.41. The van der Waals surface area contributed by atoms with Gasteiger partial charge in [0.1, 0.15) is 11.4 Å². The Morgan fingerprint density at radius 1 is 1.27 bits per heavy atom. The van der Waals surface area contributed by atoms with E-state index in [9.17, 15) is 19.2 Å². The SMILES string of the molecule is COCCn1c(N)c(C(=O)CN2CCN(C(=O)c3cc(C)no3)CC2)c(=O)[nH]c1=O. The summed E-state index contributed by atoms with van der Waals surface area (Å²) in [5, 5.41) is 3.71. The van der Waals surface area contributed by atoms with Gasteiger partial charge in [0.2, 0.25) is 5.76 Å². The Balaban J connectivity index is 1.65. The third kappa shape index (κ3) is 4.49. The third-order valence-electron chi connectivity index (χ3n) is 4.90. The predicted octanol–water partition coefficient (Wildman–Crippen LogP) is -1.30. The number of ether oxygens (including phenoxy) is 1. The number of H-pyrrole nitrogens is 1. The summed E-state index contributed by atoms with van der Waals surface area (Å²) in [6.07, 6.45) is 0. The molecule has 0 aliphatic carbocycles. The standard InChI is InChI=1S/C18H24N6O6/c1-11-9-13(30-21-11)17(27)23-5-3-22(4-6-23)10-12(25)14-15(19)24(7-8-29-2)18(28)20-16(14)26/h9H,3-8,10,19H2,1-2H3,(H,20,26,28). The minimum Gasteiger partial charge on any atom is -0.384 e. The first-order valence-electron chi connectivity index (χ1n) is 9.41.